The molecule has 0 heterocycles. The first-order valence-corrected chi connectivity index (χ1v) is 5.19. The van der Waals surface area contributed by atoms with E-state index in [4.69, 9.17) is 15.6 Å². The third kappa shape index (κ3) is 2.52. The minimum atomic E-state index is -0.492. The minimum absolute atomic E-state index is 0.152. The molecule has 0 aromatic heterocycles. The molecule has 1 amide bonds. The van der Waals surface area contributed by atoms with Gasteiger partial charge in [-0.3, -0.25) is 4.79 Å². The Hall–Kier alpha value is -1.55. The zero-order valence-corrected chi connectivity index (χ0v) is 9.62. The van der Waals surface area contributed by atoms with Gasteiger partial charge in [0.25, 0.3) is 5.91 Å². The molecule has 0 aliphatic rings. The molecular formula is C12H17NO3. The van der Waals surface area contributed by atoms with Crippen molar-refractivity contribution >= 4 is 5.91 Å². The Kier molecular flexibility index (Phi) is 4.31. The Balaban J connectivity index is 3.12. The highest BCUT2D eigenvalue weighted by molar-refractivity contribution is 5.96. The van der Waals surface area contributed by atoms with Crippen LogP contribution in [0.5, 0.6) is 5.75 Å². The number of rotatable bonds is 5. The number of amides is 1. The van der Waals surface area contributed by atoms with Crippen molar-refractivity contribution in [3.8, 4) is 5.75 Å². The Morgan fingerprint density at radius 2 is 2.19 bits per heavy atom. The van der Waals surface area contributed by atoms with Crippen LogP contribution in [0, 0.1) is 6.92 Å². The topological polar surface area (TPSA) is 72.5 Å². The van der Waals surface area contributed by atoms with E-state index in [0.29, 0.717) is 17.7 Å². The van der Waals surface area contributed by atoms with E-state index in [2.05, 4.69) is 0 Å². The second kappa shape index (κ2) is 5.51. The molecule has 4 nitrogen and oxygen atoms in total. The number of hydrogen-bond donors (Lipinski definition) is 2. The van der Waals surface area contributed by atoms with Gasteiger partial charge in [0.05, 0.1) is 12.7 Å². The number of carbonyl (C=O) groups is 1. The van der Waals surface area contributed by atoms with Crippen LogP contribution in [0.15, 0.2) is 12.1 Å². The number of benzene rings is 1. The SMILES string of the molecule is COc1c(C(N)=O)ccc(CCCO)c1C. The molecule has 0 aliphatic heterocycles. The predicted octanol–water partition coefficient (Wildman–Crippen LogP) is 1.03. The number of primary amides is 1. The highest BCUT2D eigenvalue weighted by Gasteiger charge is 2.13. The molecule has 0 aliphatic carbocycles. The number of hydrogen-bond acceptors (Lipinski definition) is 3. The third-order valence-electron chi connectivity index (χ3n) is 2.59. The summed E-state index contributed by atoms with van der Waals surface area (Å²) < 4.78 is 5.19. The van der Waals surface area contributed by atoms with Gasteiger partial charge in [-0.15, -0.1) is 0 Å². The lowest BCUT2D eigenvalue weighted by molar-refractivity contribution is 0.0997. The van der Waals surface area contributed by atoms with Gasteiger partial charge < -0.3 is 15.6 Å². The number of carbonyl (C=O) groups excluding carboxylic acids is 1. The van der Waals surface area contributed by atoms with E-state index in [1.807, 2.05) is 13.0 Å². The molecule has 0 saturated heterocycles. The Bertz CT molecular complexity index is 388. The van der Waals surface area contributed by atoms with Crippen molar-refractivity contribution in [2.75, 3.05) is 13.7 Å². The van der Waals surface area contributed by atoms with E-state index in [9.17, 15) is 4.79 Å². The molecule has 16 heavy (non-hydrogen) atoms. The monoisotopic (exact) mass is 223 g/mol. The number of aliphatic hydroxyl groups excluding tert-OH is 1. The second-order valence-electron chi connectivity index (χ2n) is 3.62. The lowest BCUT2D eigenvalue weighted by atomic mass is 9.99. The van der Waals surface area contributed by atoms with Crippen molar-refractivity contribution in [1.82, 2.24) is 0 Å². The fourth-order valence-corrected chi connectivity index (χ4v) is 1.73. The van der Waals surface area contributed by atoms with Gasteiger partial charge in [-0.05, 0) is 37.0 Å². The fourth-order valence-electron chi connectivity index (χ4n) is 1.73. The van der Waals surface area contributed by atoms with Crippen molar-refractivity contribution in [2.24, 2.45) is 5.73 Å². The van der Waals surface area contributed by atoms with Crippen LogP contribution in [0.1, 0.15) is 27.9 Å². The second-order valence-corrected chi connectivity index (χ2v) is 3.62. The Morgan fingerprint density at radius 3 is 2.69 bits per heavy atom. The first-order valence-electron chi connectivity index (χ1n) is 5.19. The molecule has 0 unspecified atom stereocenters. The minimum Gasteiger partial charge on any atom is -0.496 e. The number of nitrogens with two attached hydrogens (primary N) is 1. The average molecular weight is 223 g/mol. The van der Waals surface area contributed by atoms with Crippen LogP contribution >= 0.6 is 0 Å². The number of methoxy groups -OCH3 is 1. The smallest absolute Gasteiger partial charge is 0.252 e. The van der Waals surface area contributed by atoms with Gasteiger partial charge in [0.2, 0.25) is 0 Å². The summed E-state index contributed by atoms with van der Waals surface area (Å²) in [7, 11) is 1.52. The summed E-state index contributed by atoms with van der Waals surface area (Å²) >= 11 is 0. The van der Waals surface area contributed by atoms with E-state index in [1.165, 1.54) is 7.11 Å². The molecule has 1 aromatic rings. The summed E-state index contributed by atoms with van der Waals surface area (Å²) in [5, 5.41) is 8.78. The van der Waals surface area contributed by atoms with Crippen molar-refractivity contribution in [3.05, 3.63) is 28.8 Å². The van der Waals surface area contributed by atoms with Crippen LogP contribution in [-0.2, 0) is 6.42 Å². The van der Waals surface area contributed by atoms with Crippen LogP contribution in [0.25, 0.3) is 0 Å². The number of ether oxygens (including phenoxy) is 1. The summed E-state index contributed by atoms with van der Waals surface area (Å²) in [4.78, 5) is 11.2. The van der Waals surface area contributed by atoms with Crippen LogP contribution in [0.3, 0.4) is 0 Å². The van der Waals surface area contributed by atoms with Gasteiger partial charge in [0, 0.05) is 6.61 Å². The predicted molar refractivity (Wildman–Crippen MR) is 61.7 cm³/mol. The van der Waals surface area contributed by atoms with Crippen LogP contribution in [0.2, 0.25) is 0 Å². The molecule has 88 valence electrons. The van der Waals surface area contributed by atoms with E-state index in [0.717, 1.165) is 17.5 Å². The van der Waals surface area contributed by atoms with Gasteiger partial charge >= 0.3 is 0 Å². The molecule has 0 bridgehead atoms. The maximum absolute atomic E-state index is 11.2. The fraction of sp³-hybridized carbons (Fsp3) is 0.417. The van der Waals surface area contributed by atoms with Crippen molar-refractivity contribution in [1.29, 1.82) is 0 Å². The highest BCUT2D eigenvalue weighted by Crippen LogP contribution is 2.26. The highest BCUT2D eigenvalue weighted by atomic mass is 16.5. The van der Waals surface area contributed by atoms with E-state index >= 15 is 0 Å². The molecule has 4 heteroatoms. The molecule has 0 spiro atoms. The van der Waals surface area contributed by atoms with E-state index < -0.39 is 5.91 Å². The lowest BCUT2D eigenvalue weighted by Crippen LogP contribution is -2.13. The van der Waals surface area contributed by atoms with Gasteiger partial charge in [-0.1, -0.05) is 6.07 Å². The summed E-state index contributed by atoms with van der Waals surface area (Å²) in [6, 6.07) is 3.52. The maximum atomic E-state index is 11.2. The zero-order valence-electron chi connectivity index (χ0n) is 9.62. The molecule has 0 saturated carbocycles. The first-order chi connectivity index (χ1) is 7.61. The maximum Gasteiger partial charge on any atom is 0.252 e. The largest absolute Gasteiger partial charge is 0.496 e. The number of aryl methyl sites for hydroxylation is 1. The number of aliphatic hydroxyl groups is 1. The van der Waals surface area contributed by atoms with E-state index in [1.54, 1.807) is 6.07 Å². The molecule has 0 fully saturated rings. The average Bonchev–Trinajstić information content (AvgIpc) is 2.26. The normalized spacial score (nSPS) is 10.2. The van der Waals surface area contributed by atoms with Crippen LogP contribution in [-0.4, -0.2) is 24.7 Å². The van der Waals surface area contributed by atoms with Crippen molar-refractivity contribution in [3.63, 3.8) is 0 Å². The van der Waals surface area contributed by atoms with Crippen LogP contribution < -0.4 is 10.5 Å². The van der Waals surface area contributed by atoms with Gasteiger partial charge in [-0.2, -0.15) is 0 Å². The molecule has 0 atom stereocenters. The van der Waals surface area contributed by atoms with Gasteiger partial charge in [0.1, 0.15) is 5.75 Å². The Morgan fingerprint density at radius 1 is 1.50 bits per heavy atom. The first kappa shape index (κ1) is 12.5. The van der Waals surface area contributed by atoms with Gasteiger partial charge in [-0.25, -0.2) is 0 Å². The molecule has 1 rings (SSSR count). The summed E-state index contributed by atoms with van der Waals surface area (Å²) in [6.07, 6.45) is 1.46. The molecule has 1 aromatic carbocycles. The summed E-state index contributed by atoms with van der Waals surface area (Å²) in [5.74, 6) is 0.0385. The summed E-state index contributed by atoms with van der Waals surface area (Å²) in [5.41, 5.74) is 7.62. The van der Waals surface area contributed by atoms with E-state index in [-0.39, 0.29) is 6.61 Å². The lowest BCUT2D eigenvalue weighted by Gasteiger charge is -2.13. The summed E-state index contributed by atoms with van der Waals surface area (Å²) in [6.45, 7) is 2.04. The van der Waals surface area contributed by atoms with Crippen molar-refractivity contribution in [2.45, 2.75) is 19.8 Å². The molecular weight excluding hydrogens is 206 g/mol. The Labute approximate surface area is 95.0 Å². The molecule has 0 radical (unpaired) electrons. The van der Waals surface area contributed by atoms with Gasteiger partial charge in [0.15, 0.2) is 0 Å². The zero-order chi connectivity index (χ0) is 12.1. The van der Waals surface area contributed by atoms with Crippen LogP contribution in [0.4, 0.5) is 0 Å². The van der Waals surface area contributed by atoms with Crippen molar-refractivity contribution < 1.29 is 14.6 Å². The third-order valence-corrected chi connectivity index (χ3v) is 2.59. The quantitative estimate of drug-likeness (QED) is 0.783. The molecule has 3 N–H and O–H groups in total. The standard InChI is InChI=1S/C12H17NO3/c1-8-9(4-3-7-14)5-6-10(12(13)15)11(8)16-2/h5-6,14H,3-4,7H2,1-2H3,(H2,13,15).